The van der Waals surface area contributed by atoms with Crippen LogP contribution in [0.25, 0.3) is 0 Å². The lowest BCUT2D eigenvalue weighted by Gasteiger charge is -2.34. The van der Waals surface area contributed by atoms with E-state index in [0.29, 0.717) is 19.2 Å². The molecule has 2 rings (SSSR count). The number of hydrogen-bond acceptors (Lipinski definition) is 3. The predicted octanol–water partition coefficient (Wildman–Crippen LogP) is 4.43. The molecule has 1 aromatic rings. The summed E-state index contributed by atoms with van der Waals surface area (Å²) in [6, 6.07) is 8.32. The van der Waals surface area contributed by atoms with Crippen molar-refractivity contribution in [1.82, 2.24) is 4.90 Å². The van der Waals surface area contributed by atoms with Crippen LogP contribution in [0.15, 0.2) is 24.3 Å². The highest BCUT2D eigenvalue weighted by Crippen LogP contribution is 2.23. The second kappa shape index (κ2) is 9.63. The molecule has 0 bridgehead atoms. The van der Waals surface area contributed by atoms with Gasteiger partial charge in [0.1, 0.15) is 0 Å². The molecule has 0 aliphatic heterocycles. The Morgan fingerprint density at radius 3 is 2.48 bits per heavy atom. The molecular weight excluding hydrogens is 310 g/mol. The number of halogens is 1. The molecule has 0 saturated heterocycles. The maximum Gasteiger partial charge on any atom is 0.0900 e. The Hall–Kier alpha value is -0.610. The minimum atomic E-state index is -0.438. The van der Waals surface area contributed by atoms with Crippen LogP contribution in [0.3, 0.4) is 0 Å². The molecule has 4 heteroatoms. The molecule has 1 aliphatic carbocycles. The average Bonchev–Trinajstić information content (AvgIpc) is 2.59. The summed E-state index contributed by atoms with van der Waals surface area (Å²) >= 11 is 5.90. The van der Waals surface area contributed by atoms with Crippen LogP contribution < -0.4 is 0 Å². The monoisotopic (exact) mass is 339 g/mol. The summed E-state index contributed by atoms with van der Waals surface area (Å²) in [5.41, 5.74) is 1.08. The van der Waals surface area contributed by atoms with Gasteiger partial charge in [-0.15, -0.1) is 0 Å². The molecule has 0 aromatic heterocycles. The third kappa shape index (κ3) is 6.07. The van der Waals surface area contributed by atoms with E-state index in [-0.39, 0.29) is 6.10 Å². The average molecular weight is 340 g/mol. The molecule has 2 atom stereocenters. The van der Waals surface area contributed by atoms with Crippen LogP contribution in [0.5, 0.6) is 0 Å². The van der Waals surface area contributed by atoms with E-state index in [2.05, 4.69) is 11.8 Å². The lowest BCUT2D eigenvalue weighted by Crippen LogP contribution is -2.42. The van der Waals surface area contributed by atoms with Gasteiger partial charge in [-0.1, -0.05) is 49.9 Å². The van der Waals surface area contributed by atoms with Crippen LogP contribution in [0.4, 0.5) is 0 Å². The minimum absolute atomic E-state index is 0.0355. The van der Waals surface area contributed by atoms with Crippen LogP contribution in [-0.2, 0) is 4.74 Å². The first-order valence-corrected chi connectivity index (χ1v) is 9.27. The largest absolute Gasteiger partial charge is 0.389 e. The maximum absolute atomic E-state index is 10.3. The van der Waals surface area contributed by atoms with Gasteiger partial charge >= 0.3 is 0 Å². The van der Waals surface area contributed by atoms with Gasteiger partial charge in [-0.2, -0.15) is 0 Å². The smallest absolute Gasteiger partial charge is 0.0900 e. The molecule has 0 radical (unpaired) electrons. The van der Waals surface area contributed by atoms with Crippen molar-refractivity contribution >= 4 is 11.6 Å². The first kappa shape index (κ1) is 18.7. The van der Waals surface area contributed by atoms with Gasteiger partial charge in [-0.05, 0) is 44.0 Å². The number of nitrogens with zero attached hydrogens (tertiary/aromatic N) is 1. The highest BCUT2D eigenvalue weighted by Gasteiger charge is 2.22. The van der Waals surface area contributed by atoms with Crippen LogP contribution in [0.1, 0.15) is 57.6 Å². The van der Waals surface area contributed by atoms with Crippen molar-refractivity contribution in [1.29, 1.82) is 0 Å². The molecule has 3 nitrogen and oxygen atoms in total. The van der Waals surface area contributed by atoms with E-state index < -0.39 is 6.10 Å². The van der Waals surface area contributed by atoms with E-state index in [1.54, 1.807) is 0 Å². The Balaban J connectivity index is 1.76. The van der Waals surface area contributed by atoms with Gasteiger partial charge in [0.2, 0.25) is 0 Å². The molecule has 1 aliphatic rings. The Morgan fingerprint density at radius 1 is 1.22 bits per heavy atom. The standard InChI is InChI=1S/C19H30ClNO2/c1-3-21(18-7-5-4-6-8-18)13-19(22)14-23-15(2)16-9-11-17(20)12-10-16/h9-12,15,18-19,22H,3-8,13-14H2,1-2H3/t15-,19-/m1/s1. The zero-order valence-corrected chi connectivity index (χ0v) is 15.1. The highest BCUT2D eigenvalue weighted by molar-refractivity contribution is 6.30. The number of rotatable bonds is 8. The number of aliphatic hydroxyl groups is 1. The molecule has 23 heavy (non-hydrogen) atoms. The van der Waals surface area contributed by atoms with Gasteiger partial charge in [0, 0.05) is 17.6 Å². The molecule has 0 unspecified atom stereocenters. The zero-order chi connectivity index (χ0) is 16.7. The van der Waals surface area contributed by atoms with Crippen LogP contribution in [0, 0.1) is 0 Å². The molecule has 1 saturated carbocycles. The van der Waals surface area contributed by atoms with Crippen molar-refractivity contribution in [3.63, 3.8) is 0 Å². The zero-order valence-electron chi connectivity index (χ0n) is 14.4. The van der Waals surface area contributed by atoms with Gasteiger partial charge in [0.05, 0.1) is 18.8 Å². The molecule has 1 aromatic carbocycles. The fraction of sp³-hybridized carbons (Fsp3) is 0.684. The minimum Gasteiger partial charge on any atom is -0.389 e. The number of benzene rings is 1. The van der Waals surface area contributed by atoms with Crippen molar-refractivity contribution in [2.75, 3.05) is 19.7 Å². The highest BCUT2D eigenvalue weighted by atomic mass is 35.5. The van der Waals surface area contributed by atoms with Crippen LogP contribution >= 0.6 is 11.6 Å². The Bertz CT molecular complexity index is 445. The van der Waals surface area contributed by atoms with E-state index in [0.717, 1.165) is 17.1 Å². The first-order chi connectivity index (χ1) is 11.1. The molecule has 1 fully saturated rings. The fourth-order valence-electron chi connectivity index (χ4n) is 3.39. The maximum atomic E-state index is 10.3. The second-order valence-electron chi connectivity index (χ2n) is 6.56. The van der Waals surface area contributed by atoms with Crippen molar-refractivity contribution < 1.29 is 9.84 Å². The number of likely N-dealkylation sites (N-methyl/N-ethyl adjacent to an activating group) is 1. The van der Waals surface area contributed by atoms with E-state index in [1.807, 2.05) is 31.2 Å². The summed E-state index contributed by atoms with van der Waals surface area (Å²) in [5.74, 6) is 0. The van der Waals surface area contributed by atoms with Crippen molar-refractivity contribution in [2.24, 2.45) is 0 Å². The van der Waals surface area contributed by atoms with Gasteiger partial charge in [0.25, 0.3) is 0 Å². The third-order valence-corrected chi connectivity index (χ3v) is 5.07. The molecule has 1 N–H and O–H groups in total. The summed E-state index contributed by atoms with van der Waals surface area (Å²) in [7, 11) is 0. The molecule has 0 amide bonds. The fourth-order valence-corrected chi connectivity index (χ4v) is 3.52. The van der Waals surface area contributed by atoms with E-state index in [4.69, 9.17) is 16.3 Å². The normalized spacial score (nSPS) is 19.0. The first-order valence-electron chi connectivity index (χ1n) is 8.89. The number of hydrogen-bond donors (Lipinski definition) is 1. The predicted molar refractivity (Wildman–Crippen MR) is 95.9 cm³/mol. The van der Waals surface area contributed by atoms with Crippen molar-refractivity contribution in [2.45, 2.75) is 64.2 Å². The summed E-state index contributed by atoms with van der Waals surface area (Å²) in [4.78, 5) is 2.42. The summed E-state index contributed by atoms with van der Waals surface area (Å²) in [5, 5.41) is 11.1. The SMILES string of the molecule is CCN(C[C@@H](O)CO[C@H](C)c1ccc(Cl)cc1)C1CCCCC1. The number of aliphatic hydroxyl groups excluding tert-OH is 1. The molecular formula is C19H30ClNO2. The summed E-state index contributed by atoms with van der Waals surface area (Å²) in [6.45, 7) is 6.25. The quantitative estimate of drug-likeness (QED) is 0.760. The topological polar surface area (TPSA) is 32.7 Å². The van der Waals surface area contributed by atoms with E-state index >= 15 is 0 Å². The second-order valence-corrected chi connectivity index (χ2v) is 7.00. The third-order valence-electron chi connectivity index (χ3n) is 4.82. The lowest BCUT2D eigenvalue weighted by atomic mass is 9.94. The van der Waals surface area contributed by atoms with Crippen LogP contribution in [0.2, 0.25) is 5.02 Å². The van der Waals surface area contributed by atoms with E-state index in [9.17, 15) is 5.11 Å². The Kier molecular flexibility index (Phi) is 7.84. The molecule has 0 spiro atoms. The molecule has 0 heterocycles. The Labute approximate surface area is 145 Å². The van der Waals surface area contributed by atoms with E-state index in [1.165, 1.54) is 32.1 Å². The van der Waals surface area contributed by atoms with Gasteiger partial charge in [0.15, 0.2) is 0 Å². The van der Waals surface area contributed by atoms with Gasteiger partial charge in [-0.3, -0.25) is 4.90 Å². The van der Waals surface area contributed by atoms with Gasteiger partial charge < -0.3 is 9.84 Å². The van der Waals surface area contributed by atoms with Crippen LogP contribution in [-0.4, -0.2) is 41.8 Å². The lowest BCUT2D eigenvalue weighted by molar-refractivity contribution is -0.0223. The summed E-state index contributed by atoms with van der Waals surface area (Å²) in [6.07, 6.45) is 6.06. The van der Waals surface area contributed by atoms with Crippen molar-refractivity contribution in [3.8, 4) is 0 Å². The molecule has 130 valence electrons. The van der Waals surface area contributed by atoms with Crippen molar-refractivity contribution in [3.05, 3.63) is 34.9 Å². The van der Waals surface area contributed by atoms with Gasteiger partial charge in [-0.25, -0.2) is 0 Å². The summed E-state index contributed by atoms with van der Waals surface area (Å²) < 4.78 is 5.84. The Morgan fingerprint density at radius 2 is 1.87 bits per heavy atom. The number of ether oxygens (including phenoxy) is 1.